The first-order valence-electron chi connectivity index (χ1n) is 2.57. The first kappa shape index (κ1) is 10.2. The summed E-state index contributed by atoms with van der Waals surface area (Å²) in [4.78, 5) is 0. The van der Waals surface area contributed by atoms with Crippen molar-refractivity contribution in [1.82, 2.24) is 0 Å². The lowest BCUT2D eigenvalue weighted by molar-refractivity contribution is 0.198. The van der Waals surface area contributed by atoms with Crippen molar-refractivity contribution in [3.63, 3.8) is 0 Å². The summed E-state index contributed by atoms with van der Waals surface area (Å²) >= 11 is 4.68. The maximum absolute atomic E-state index is 10.7. The summed E-state index contributed by atoms with van der Waals surface area (Å²) < 4.78 is 29.6. The second-order valence-corrected chi connectivity index (χ2v) is 4.12. The lowest BCUT2D eigenvalue weighted by atomic mass is 10.5. The summed E-state index contributed by atoms with van der Waals surface area (Å²) in [7, 11) is -2.22. The van der Waals surface area contributed by atoms with Gasteiger partial charge in [-0.2, -0.15) is 12.2 Å². The molecule has 4 nitrogen and oxygen atoms in total. The van der Waals surface area contributed by atoms with Gasteiger partial charge in [0.1, 0.15) is 5.25 Å². The number of halogens is 1. The Bertz CT molecular complexity index is 176. The highest BCUT2D eigenvalue weighted by atomic mass is 35.5. The Morgan fingerprint density at radius 3 is 2.40 bits per heavy atom. The minimum atomic E-state index is -3.62. The van der Waals surface area contributed by atoms with Crippen LogP contribution in [0.5, 0.6) is 0 Å². The van der Waals surface area contributed by atoms with Crippen LogP contribution < -0.4 is 0 Å². The molecule has 0 N–H and O–H groups in total. The molecule has 0 fully saturated rings. The van der Waals surface area contributed by atoms with Crippen LogP contribution in [0.1, 0.15) is 6.92 Å². The molecule has 0 saturated carbocycles. The molecule has 0 aromatic heterocycles. The summed E-state index contributed by atoms with van der Waals surface area (Å²) in [5.41, 5.74) is 0. The molecular weight excluding hydrogens is 180 g/mol. The van der Waals surface area contributed by atoms with E-state index in [0.29, 0.717) is 0 Å². The molecule has 0 saturated heterocycles. The normalized spacial score (nSPS) is 15.1. The Balaban J connectivity index is 4.06. The molecule has 1 unspecified atom stereocenters. The maximum Gasteiger partial charge on any atom is 0.288 e. The van der Waals surface area contributed by atoms with Gasteiger partial charge in [-0.25, -0.2) is 0 Å². The predicted octanol–water partition coefficient (Wildman–Crippen LogP) is 0.522. The van der Waals surface area contributed by atoms with Crippen LogP contribution in [0.3, 0.4) is 0 Å². The first-order valence-corrected chi connectivity index (χ1v) is 4.35. The van der Waals surface area contributed by atoms with Gasteiger partial charge in [-0.15, -0.1) is 0 Å². The predicted molar refractivity (Wildman–Crippen MR) is 37.2 cm³/mol. The molecule has 6 heteroatoms. The second-order valence-electron chi connectivity index (χ2n) is 1.82. The fraction of sp³-hybridized carbons (Fsp3) is 1.00. The molecule has 0 bridgehead atoms. The largest absolute Gasteiger partial charge is 0.383 e. The van der Waals surface area contributed by atoms with Crippen LogP contribution in [0.2, 0.25) is 0 Å². The average molecular weight is 189 g/mol. The highest BCUT2D eigenvalue weighted by molar-refractivity contribution is 7.88. The van der Waals surface area contributed by atoms with Gasteiger partial charge in [-0.05, 0) is 6.92 Å². The molecule has 1 atom stereocenters. The number of hydrogen-bond donors (Lipinski definition) is 0. The monoisotopic (exact) mass is 188 g/mol. The van der Waals surface area contributed by atoms with Gasteiger partial charge in [0.25, 0.3) is 10.1 Å². The van der Waals surface area contributed by atoms with Crippen LogP contribution >= 0.6 is 11.9 Å². The summed E-state index contributed by atoms with van der Waals surface area (Å²) in [6.07, 6.45) is 0. The van der Waals surface area contributed by atoms with Crippen LogP contribution in [-0.2, 0) is 18.6 Å². The fourth-order valence-electron chi connectivity index (χ4n) is 0.380. The average Bonchev–Trinajstić information content (AvgIpc) is 1.89. The van der Waals surface area contributed by atoms with E-state index in [2.05, 4.69) is 20.3 Å². The standard InChI is InChI=1S/C4H9ClO4S/c1-4(3-8-2)10(6,7)9-5/h4H,3H2,1-2H3. The van der Waals surface area contributed by atoms with Crippen molar-refractivity contribution < 1.29 is 16.9 Å². The lowest BCUT2D eigenvalue weighted by Gasteiger charge is -2.06. The van der Waals surface area contributed by atoms with E-state index in [-0.39, 0.29) is 6.61 Å². The van der Waals surface area contributed by atoms with Gasteiger partial charge in [0.15, 0.2) is 0 Å². The number of hydrogen-bond acceptors (Lipinski definition) is 4. The third kappa shape index (κ3) is 2.83. The van der Waals surface area contributed by atoms with E-state index in [1.165, 1.54) is 14.0 Å². The maximum atomic E-state index is 10.7. The molecule has 0 amide bonds. The summed E-state index contributed by atoms with van der Waals surface area (Å²) in [5.74, 6) is 0. The molecule has 0 aliphatic rings. The van der Waals surface area contributed by atoms with Crippen molar-refractivity contribution in [3.05, 3.63) is 0 Å². The Morgan fingerprint density at radius 1 is 1.60 bits per heavy atom. The van der Waals surface area contributed by atoms with E-state index >= 15 is 0 Å². The van der Waals surface area contributed by atoms with Gasteiger partial charge in [0.05, 0.1) is 18.5 Å². The van der Waals surface area contributed by atoms with E-state index in [1.807, 2.05) is 0 Å². The van der Waals surface area contributed by atoms with Crippen molar-refractivity contribution in [2.24, 2.45) is 0 Å². The van der Waals surface area contributed by atoms with Crippen LogP contribution in [0, 0.1) is 0 Å². The molecule has 0 spiro atoms. The molecule has 0 heterocycles. The molecular formula is C4H9ClO4S. The first-order chi connectivity index (χ1) is 4.54. The van der Waals surface area contributed by atoms with E-state index in [4.69, 9.17) is 0 Å². The van der Waals surface area contributed by atoms with Crippen molar-refractivity contribution in [1.29, 1.82) is 0 Å². The highest BCUT2D eigenvalue weighted by Gasteiger charge is 2.20. The van der Waals surface area contributed by atoms with Crippen molar-refractivity contribution in [2.75, 3.05) is 13.7 Å². The fourth-order valence-corrected chi connectivity index (χ4v) is 1.18. The Morgan fingerprint density at radius 2 is 2.10 bits per heavy atom. The third-order valence-electron chi connectivity index (χ3n) is 0.982. The van der Waals surface area contributed by atoms with Crippen LogP contribution in [0.15, 0.2) is 0 Å². The quantitative estimate of drug-likeness (QED) is 0.646. The van der Waals surface area contributed by atoms with Crippen molar-refractivity contribution >= 4 is 22.0 Å². The number of methoxy groups -OCH3 is 1. The topological polar surface area (TPSA) is 52.6 Å². The van der Waals surface area contributed by atoms with Gasteiger partial charge >= 0.3 is 0 Å². The van der Waals surface area contributed by atoms with Gasteiger partial charge in [-0.3, -0.25) is 0 Å². The molecule has 0 aromatic carbocycles. The number of ether oxygens (including phenoxy) is 1. The van der Waals surface area contributed by atoms with Crippen LogP contribution in [-0.4, -0.2) is 27.4 Å². The highest BCUT2D eigenvalue weighted by Crippen LogP contribution is 2.05. The minimum Gasteiger partial charge on any atom is -0.383 e. The minimum absolute atomic E-state index is 0.0784. The molecule has 0 aliphatic carbocycles. The molecule has 0 rings (SSSR count). The summed E-state index contributed by atoms with van der Waals surface area (Å²) in [6.45, 7) is 1.52. The molecule has 10 heavy (non-hydrogen) atoms. The van der Waals surface area contributed by atoms with E-state index < -0.39 is 15.4 Å². The molecule has 62 valence electrons. The Labute approximate surface area is 65.4 Å². The second kappa shape index (κ2) is 4.12. The van der Waals surface area contributed by atoms with Gasteiger partial charge in [0.2, 0.25) is 0 Å². The summed E-state index contributed by atoms with van der Waals surface area (Å²) in [6, 6.07) is 0. The zero-order valence-corrected chi connectivity index (χ0v) is 7.28. The smallest absolute Gasteiger partial charge is 0.288 e. The molecule has 0 aromatic rings. The number of rotatable bonds is 4. The zero-order chi connectivity index (χ0) is 8.20. The van der Waals surface area contributed by atoms with Crippen molar-refractivity contribution in [3.8, 4) is 0 Å². The Kier molecular flexibility index (Phi) is 4.19. The molecule has 0 aliphatic heterocycles. The molecule has 0 radical (unpaired) electrons. The van der Waals surface area contributed by atoms with E-state index in [0.717, 1.165) is 0 Å². The third-order valence-corrected chi connectivity index (χ3v) is 2.81. The van der Waals surface area contributed by atoms with Gasteiger partial charge in [0, 0.05) is 7.11 Å². The van der Waals surface area contributed by atoms with Crippen molar-refractivity contribution in [2.45, 2.75) is 12.2 Å². The lowest BCUT2D eigenvalue weighted by Crippen LogP contribution is -2.22. The SMILES string of the molecule is COCC(C)S(=O)(=O)OCl. The summed E-state index contributed by atoms with van der Waals surface area (Å²) in [5, 5.41) is -0.727. The van der Waals surface area contributed by atoms with E-state index in [9.17, 15) is 8.42 Å². The van der Waals surface area contributed by atoms with Gasteiger partial charge < -0.3 is 4.74 Å². The van der Waals surface area contributed by atoms with Gasteiger partial charge in [-0.1, -0.05) is 0 Å². The van der Waals surface area contributed by atoms with E-state index in [1.54, 1.807) is 0 Å². The zero-order valence-electron chi connectivity index (χ0n) is 5.70. The Hall–Kier alpha value is 0.160. The van der Waals surface area contributed by atoms with Crippen LogP contribution in [0.25, 0.3) is 0 Å². The van der Waals surface area contributed by atoms with Crippen LogP contribution in [0.4, 0.5) is 0 Å².